The number of hydrogen-bond acceptors (Lipinski definition) is 27. The topological polar surface area (TPSA) is 416 Å². The number of likely N-dealkylation sites (N-methyl/N-ethyl adjacent to an activating group) is 3. The first-order chi connectivity index (χ1) is 56.8. The molecule has 0 spiro atoms. The lowest BCUT2D eigenvalue weighted by Crippen LogP contribution is -2.40. The maximum Gasteiger partial charge on any atom is 0.328 e. The molecule has 14 rings (SSSR count). The van der Waals surface area contributed by atoms with Gasteiger partial charge in [-0.05, 0) is 137 Å². The normalized spacial score (nSPS) is 19.0. The van der Waals surface area contributed by atoms with Crippen molar-refractivity contribution in [2.45, 2.75) is 149 Å². The third-order valence-corrected chi connectivity index (χ3v) is 23.4. The molecular weight excluding hydrogens is 1540 g/mol. The fraction of sp³-hybridized carbons (Fsp3) is 0.481. The van der Waals surface area contributed by atoms with Crippen LogP contribution in [-0.2, 0) is 81.7 Å². The number of anilines is 7. The summed E-state index contributed by atoms with van der Waals surface area (Å²) in [4.78, 5) is 153. The number of pyridine rings is 6. The molecule has 0 aromatic carbocycles. The van der Waals surface area contributed by atoms with Crippen LogP contribution in [0.1, 0.15) is 152 Å². The summed E-state index contributed by atoms with van der Waals surface area (Å²) in [7, 11) is 8.34. The summed E-state index contributed by atoms with van der Waals surface area (Å²) < 4.78 is 32.5. The number of nitrogens with zero attached hydrogens (tertiary/aromatic N) is 16. The van der Waals surface area contributed by atoms with E-state index in [1.165, 1.54) is 45.1 Å². The zero-order chi connectivity index (χ0) is 82.7. The van der Waals surface area contributed by atoms with Gasteiger partial charge in [-0.25, -0.2) is 44.3 Å². The monoisotopic (exact) mass is 1640 g/mol. The van der Waals surface area contributed by atoms with E-state index in [2.05, 4.69) is 69.0 Å². The maximum absolute atomic E-state index is 13.4. The summed E-state index contributed by atoms with van der Waals surface area (Å²) in [6.07, 6.45) is 15.7. The van der Waals surface area contributed by atoms with E-state index in [0.29, 0.717) is 221 Å². The van der Waals surface area contributed by atoms with E-state index in [-0.39, 0.29) is 65.8 Å². The van der Waals surface area contributed by atoms with Crippen LogP contribution in [0.4, 0.5) is 55.0 Å². The van der Waals surface area contributed by atoms with Crippen molar-refractivity contribution in [3.8, 4) is 18.2 Å². The van der Waals surface area contributed by atoms with Crippen LogP contribution < -0.4 is 35.6 Å². The lowest BCUT2D eigenvalue weighted by molar-refractivity contribution is -0.140. The molecule has 0 unspecified atom stereocenters. The average Bonchev–Trinajstić information content (AvgIpc) is 1.28. The number of carbonyl (C=O) groups is 9. The Labute approximate surface area is 685 Å². The van der Waals surface area contributed by atoms with E-state index in [1.807, 2.05) is 18.2 Å². The summed E-state index contributed by atoms with van der Waals surface area (Å²) in [5.41, 5.74) is 6.91. The first-order valence-corrected chi connectivity index (χ1v) is 40.8. The van der Waals surface area contributed by atoms with E-state index in [9.17, 15) is 58.9 Å². The third-order valence-electron chi connectivity index (χ3n) is 21.1. The SMILES string of the molecule is CN(Cc1cc2c(nc1C=O)N(C(=O)Nc1cc(S[C@H]3CCOC3)c(C#N)cn1)CCC2)C(=O)[C@H]1CCCO1.COCCSc1cc(NC(=O)N2CCCc3cc(CN(C)C(=O)[C@H]4CCCO4)c(C=O)nc32)ncc1C#N.CO[C@H]1CCN(c2cc(NC(=O)N3CCCc4cc(CN(C)C(=O)[C@H]5CCCO5)c(C=O)nc43)ncc2C#N)C1. The Kier molecular flexibility index (Phi) is 29.6. The van der Waals surface area contributed by atoms with Crippen LogP contribution in [0, 0.1) is 34.0 Å². The Hall–Kier alpha value is -11.1. The molecule has 8 aliphatic heterocycles. The number of urea groups is 3. The standard InChI is InChI=1S/C28H33N7O5.C27H30N6O5S.C26H30N6O5S/c1-33(27(37)24-6-4-10-40-24)15-19-11-18-5-3-8-35(26(18)31-22(19)17-36)28(38)32-25-12-23(20(13-29)14-30-25)34-9-7-21(16-34)39-2;1-32(26(35)22-5-3-8-38-22)14-18-10-17-4-2-7-33(25(17)30-21(18)15-34)27(36)31-24-11-23(19(12-28)13-29-24)39-20-6-9-37-16-20;1-31(25(34)21-6-4-8-37-21)15-18-11-17-5-3-7-32(24(17)29-20(18)16-33)26(35)30-23-12-22(38-10-9-36-2)19(13-27)14-28-23/h11-12,14,17,21,24H,3-10,15-16H2,1-2H3,(H,30,32,38);10-11,13,15,20,22H,2-9,14,16H2,1H3,(H,29,31,36);11-12,14,16,21H,3-10,15H2,1-2H3,(H,28,30,35)/t21-,24+;20-,22+;21-/m001/s1. The molecule has 0 aliphatic carbocycles. The van der Waals surface area contributed by atoms with Crippen LogP contribution in [0.3, 0.4) is 0 Å². The largest absolute Gasteiger partial charge is 0.384 e. The molecule has 3 N–H and O–H groups in total. The summed E-state index contributed by atoms with van der Waals surface area (Å²) in [5, 5.41) is 37.2. The second kappa shape index (κ2) is 40.6. The molecule has 0 saturated carbocycles. The third kappa shape index (κ3) is 21.0. The van der Waals surface area contributed by atoms with Gasteiger partial charge in [-0.3, -0.25) is 59.4 Å². The fourth-order valence-electron chi connectivity index (χ4n) is 15.0. The number of ether oxygens (including phenoxy) is 6. The zero-order valence-corrected chi connectivity index (χ0v) is 67.5. The number of hydrogen-bond donors (Lipinski definition) is 3. The summed E-state index contributed by atoms with van der Waals surface area (Å²) in [6.45, 7) is 6.90. The predicted molar refractivity (Wildman–Crippen MR) is 431 cm³/mol. The summed E-state index contributed by atoms with van der Waals surface area (Å²) in [6, 6.07) is 15.8. The summed E-state index contributed by atoms with van der Waals surface area (Å²) >= 11 is 2.99. The van der Waals surface area contributed by atoms with E-state index >= 15 is 0 Å². The van der Waals surface area contributed by atoms with Crippen molar-refractivity contribution in [2.24, 2.45) is 0 Å². The van der Waals surface area contributed by atoms with Crippen molar-refractivity contribution < 1.29 is 71.6 Å². The number of thioether (sulfide) groups is 2. The number of aryl methyl sites for hydroxylation is 3. The van der Waals surface area contributed by atoms with Crippen LogP contribution in [0.25, 0.3) is 0 Å². The molecule has 8 aliphatic rings. The minimum atomic E-state index is -0.447. The van der Waals surface area contributed by atoms with Gasteiger partial charge in [0.15, 0.2) is 18.9 Å². The highest BCUT2D eigenvalue weighted by Gasteiger charge is 2.36. The summed E-state index contributed by atoms with van der Waals surface area (Å²) in [5.74, 6) is 2.50. The highest BCUT2D eigenvalue weighted by atomic mass is 32.2. The quantitative estimate of drug-likeness (QED) is 0.0306. The maximum atomic E-state index is 13.4. The molecule has 5 saturated heterocycles. The van der Waals surface area contributed by atoms with Crippen LogP contribution >= 0.6 is 23.5 Å². The number of rotatable bonds is 23. The molecule has 34 nitrogen and oxygen atoms in total. The second-order valence-electron chi connectivity index (χ2n) is 29.1. The first kappa shape index (κ1) is 85.2. The molecule has 5 fully saturated rings. The smallest absolute Gasteiger partial charge is 0.328 e. The van der Waals surface area contributed by atoms with Crippen LogP contribution in [0.15, 0.2) is 64.8 Å². The van der Waals surface area contributed by atoms with Gasteiger partial charge >= 0.3 is 18.1 Å². The second-order valence-corrected chi connectivity index (χ2v) is 31.6. The molecule has 9 amide bonds. The zero-order valence-electron chi connectivity index (χ0n) is 65.9. The minimum Gasteiger partial charge on any atom is -0.384 e. The Morgan fingerprint density at radius 1 is 0.530 bits per heavy atom. The van der Waals surface area contributed by atoms with Gasteiger partial charge in [-0.1, -0.05) is 0 Å². The van der Waals surface area contributed by atoms with Crippen molar-refractivity contribution in [3.63, 3.8) is 0 Å². The van der Waals surface area contributed by atoms with Gasteiger partial charge in [0.25, 0.3) is 17.7 Å². The average molecular weight is 1640 g/mol. The van der Waals surface area contributed by atoms with E-state index < -0.39 is 36.4 Å². The molecule has 6 aromatic rings. The number of aromatic nitrogens is 6. The Morgan fingerprint density at radius 2 is 0.940 bits per heavy atom. The number of carbonyl (C=O) groups excluding carboxylic acids is 9. The molecule has 0 radical (unpaired) electrons. The lowest BCUT2D eigenvalue weighted by Gasteiger charge is -2.30. The molecule has 614 valence electrons. The van der Waals surface area contributed by atoms with Crippen molar-refractivity contribution in [2.75, 3.05) is 149 Å². The van der Waals surface area contributed by atoms with Gasteiger partial charge in [0, 0.05) is 176 Å². The molecule has 0 bridgehead atoms. The van der Waals surface area contributed by atoms with Gasteiger partial charge in [-0.2, -0.15) is 15.8 Å². The molecular formula is C81H93N19O15S2. The van der Waals surface area contributed by atoms with Crippen molar-refractivity contribution in [1.29, 1.82) is 15.8 Å². The number of amides is 9. The first-order valence-electron chi connectivity index (χ1n) is 39.0. The Bertz CT molecular complexity index is 4820. The number of nitrogens with one attached hydrogen (secondary N) is 3. The fourth-order valence-corrected chi connectivity index (χ4v) is 17.0. The molecule has 5 atom stereocenters. The number of nitriles is 3. The van der Waals surface area contributed by atoms with Crippen LogP contribution in [0.2, 0.25) is 0 Å². The van der Waals surface area contributed by atoms with Gasteiger partial charge in [0.2, 0.25) is 0 Å². The van der Waals surface area contributed by atoms with Gasteiger partial charge in [0.1, 0.15) is 88.5 Å². The van der Waals surface area contributed by atoms with Gasteiger partial charge < -0.3 is 48.0 Å². The Balaban J connectivity index is 0.000000162. The van der Waals surface area contributed by atoms with E-state index in [1.54, 1.807) is 80.0 Å². The molecule has 36 heteroatoms. The van der Waals surface area contributed by atoms with Crippen LogP contribution in [0.5, 0.6) is 0 Å². The van der Waals surface area contributed by atoms with Crippen LogP contribution in [-0.4, -0.2) is 242 Å². The van der Waals surface area contributed by atoms with E-state index in [0.717, 1.165) is 66.7 Å². The van der Waals surface area contributed by atoms with Crippen molar-refractivity contribution >= 4 is 119 Å². The number of methoxy groups -OCH3 is 2. The predicted octanol–water partition coefficient (Wildman–Crippen LogP) is 8.69. The van der Waals surface area contributed by atoms with Crippen molar-refractivity contribution in [1.82, 2.24) is 44.6 Å². The minimum absolute atomic E-state index is 0.0829. The van der Waals surface area contributed by atoms with Crippen molar-refractivity contribution in [3.05, 3.63) is 122 Å². The molecule has 6 aromatic heterocycles. The highest BCUT2D eigenvalue weighted by molar-refractivity contribution is 8.00. The van der Waals surface area contributed by atoms with Gasteiger partial charge in [-0.15, -0.1) is 23.5 Å². The molecule has 117 heavy (non-hydrogen) atoms. The van der Waals surface area contributed by atoms with Gasteiger partial charge in [0.05, 0.1) is 41.7 Å². The Morgan fingerprint density at radius 3 is 1.31 bits per heavy atom. The molecule has 14 heterocycles. The number of fused-ring (bicyclic) bond motifs is 3. The highest BCUT2D eigenvalue weighted by Crippen LogP contribution is 2.37. The number of aldehydes is 3. The lowest BCUT2D eigenvalue weighted by atomic mass is 10.0. The van der Waals surface area contributed by atoms with E-state index in [4.69, 9.17) is 28.4 Å².